The number of alkyl carbamates (subject to hydrolysis) is 1. The predicted octanol–water partition coefficient (Wildman–Crippen LogP) is 3.64. The van der Waals surface area contributed by atoms with E-state index in [0.29, 0.717) is 31.8 Å². The Morgan fingerprint density at radius 3 is 2.03 bits per heavy atom. The maximum Gasteiger partial charge on any atom is 0.408 e. The van der Waals surface area contributed by atoms with Crippen molar-refractivity contribution >= 4 is 12.0 Å². The maximum atomic E-state index is 12.3. The largest absolute Gasteiger partial charge is 0.444 e. The van der Waals surface area contributed by atoms with Crippen molar-refractivity contribution in [3.63, 3.8) is 0 Å². The van der Waals surface area contributed by atoms with Gasteiger partial charge in [0.1, 0.15) is 11.1 Å². The number of rotatable bonds is 4. The lowest BCUT2D eigenvalue weighted by Gasteiger charge is -2.41. The Kier molecular flexibility index (Phi) is 5.52. The minimum Gasteiger partial charge on any atom is -0.444 e. The first-order chi connectivity index (χ1) is 14.7. The molecule has 1 saturated heterocycles. The van der Waals surface area contributed by atoms with Crippen LogP contribution in [0.25, 0.3) is 11.1 Å². The number of hydrogen-bond donors (Lipinski definition) is 2. The van der Waals surface area contributed by atoms with E-state index < -0.39 is 23.1 Å². The van der Waals surface area contributed by atoms with Gasteiger partial charge in [-0.05, 0) is 55.9 Å². The quantitative estimate of drug-likeness (QED) is 0.789. The van der Waals surface area contributed by atoms with Crippen molar-refractivity contribution in [3.05, 3.63) is 59.7 Å². The van der Waals surface area contributed by atoms with E-state index in [1.807, 2.05) is 0 Å². The second-order valence-electron chi connectivity index (χ2n) is 9.60. The van der Waals surface area contributed by atoms with Gasteiger partial charge in [0.15, 0.2) is 0 Å². The summed E-state index contributed by atoms with van der Waals surface area (Å²) in [6.45, 7) is 7.62. The molecule has 2 aromatic rings. The lowest BCUT2D eigenvalue weighted by Crippen LogP contribution is -2.63. The highest BCUT2D eigenvalue weighted by atomic mass is 16.6. The lowest BCUT2D eigenvalue weighted by molar-refractivity contribution is -0.126. The molecule has 2 aliphatic rings. The van der Waals surface area contributed by atoms with Crippen molar-refractivity contribution in [3.8, 4) is 11.1 Å². The third-order valence-corrected chi connectivity index (χ3v) is 6.32. The molecule has 6 heteroatoms. The summed E-state index contributed by atoms with van der Waals surface area (Å²) in [6.07, 6.45) is 0.341. The molecule has 2 aromatic carbocycles. The summed E-state index contributed by atoms with van der Waals surface area (Å²) in [5, 5.41) is 2.77. The van der Waals surface area contributed by atoms with Crippen molar-refractivity contribution < 1.29 is 14.3 Å². The standard InChI is InChI=1S/C25H31N3O3/c1-24(2,3)31-23(30)27-25(22(26)29)12-14-28(15-13-25)16-21-19-10-6-4-8-17(19)18-9-5-7-11-20(18)21/h4-11,21H,12-16H2,1-3H3,(H2,26,29)(H,27,30). The maximum absolute atomic E-state index is 12.3. The van der Waals surface area contributed by atoms with Crippen molar-refractivity contribution in [2.75, 3.05) is 19.6 Å². The minimum atomic E-state index is -1.07. The van der Waals surface area contributed by atoms with Crippen LogP contribution in [-0.4, -0.2) is 47.7 Å². The van der Waals surface area contributed by atoms with Crippen molar-refractivity contribution in [1.29, 1.82) is 0 Å². The zero-order valence-electron chi connectivity index (χ0n) is 18.5. The SMILES string of the molecule is CC(C)(C)OC(=O)NC1(C(N)=O)CCN(CC2c3ccccc3-c3ccccc32)CC1. The van der Waals surface area contributed by atoms with Gasteiger partial charge in [0, 0.05) is 25.6 Å². The number of fused-ring (bicyclic) bond motifs is 3. The van der Waals surface area contributed by atoms with E-state index >= 15 is 0 Å². The molecule has 1 aliphatic carbocycles. The molecular weight excluding hydrogens is 390 g/mol. The van der Waals surface area contributed by atoms with E-state index in [4.69, 9.17) is 10.5 Å². The lowest BCUT2D eigenvalue weighted by atomic mass is 9.86. The van der Waals surface area contributed by atoms with Crippen molar-refractivity contribution in [2.45, 2.75) is 50.7 Å². The molecule has 1 fully saturated rings. The van der Waals surface area contributed by atoms with Crippen LogP contribution in [0, 0.1) is 0 Å². The highest BCUT2D eigenvalue weighted by Crippen LogP contribution is 2.45. The molecule has 1 heterocycles. The molecule has 0 bridgehead atoms. The average Bonchev–Trinajstić information content (AvgIpc) is 3.02. The van der Waals surface area contributed by atoms with Crippen LogP contribution in [0.15, 0.2) is 48.5 Å². The van der Waals surface area contributed by atoms with Gasteiger partial charge in [-0.3, -0.25) is 4.79 Å². The van der Waals surface area contributed by atoms with E-state index in [0.717, 1.165) is 6.54 Å². The van der Waals surface area contributed by atoms with E-state index in [1.54, 1.807) is 20.8 Å². The molecule has 0 radical (unpaired) electrons. The van der Waals surface area contributed by atoms with E-state index in [-0.39, 0.29) is 0 Å². The molecule has 4 rings (SSSR count). The molecule has 2 amide bonds. The fraction of sp³-hybridized carbons (Fsp3) is 0.440. The van der Waals surface area contributed by atoms with Crippen LogP contribution in [0.3, 0.4) is 0 Å². The molecule has 164 valence electrons. The molecule has 6 nitrogen and oxygen atoms in total. The summed E-state index contributed by atoms with van der Waals surface area (Å²) < 4.78 is 5.36. The zero-order valence-corrected chi connectivity index (χ0v) is 18.5. The molecule has 0 spiro atoms. The number of nitrogens with two attached hydrogens (primary N) is 1. The number of nitrogens with one attached hydrogen (secondary N) is 1. The molecule has 0 saturated carbocycles. The molecule has 0 aromatic heterocycles. The van der Waals surface area contributed by atoms with Crippen LogP contribution in [0.2, 0.25) is 0 Å². The first-order valence-electron chi connectivity index (χ1n) is 10.9. The number of carbonyl (C=O) groups excluding carboxylic acids is 2. The molecule has 1 aliphatic heterocycles. The Morgan fingerprint density at radius 2 is 1.55 bits per heavy atom. The number of amides is 2. The number of hydrogen-bond acceptors (Lipinski definition) is 4. The molecule has 31 heavy (non-hydrogen) atoms. The van der Waals surface area contributed by atoms with Crippen LogP contribution >= 0.6 is 0 Å². The van der Waals surface area contributed by atoms with Gasteiger partial charge in [-0.2, -0.15) is 0 Å². The topological polar surface area (TPSA) is 84.7 Å². The molecular formula is C25H31N3O3. The third kappa shape index (κ3) is 4.30. The van der Waals surface area contributed by atoms with Crippen LogP contribution in [0.1, 0.15) is 50.7 Å². The number of ether oxygens (including phenoxy) is 1. The number of carbonyl (C=O) groups is 2. The van der Waals surface area contributed by atoms with E-state index in [1.165, 1.54) is 22.3 Å². The molecule has 0 atom stereocenters. The summed E-state index contributed by atoms with van der Waals surface area (Å²) in [7, 11) is 0. The van der Waals surface area contributed by atoms with Gasteiger partial charge >= 0.3 is 6.09 Å². The van der Waals surface area contributed by atoms with Gasteiger partial charge < -0.3 is 20.7 Å². The summed E-state index contributed by atoms with van der Waals surface area (Å²) in [5.41, 5.74) is 9.33. The van der Waals surface area contributed by atoms with E-state index in [2.05, 4.69) is 58.7 Å². The smallest absolute Gasteiger partial charge is 0.408 e. The van der Waals surface area contributed by atoms with Crippen molar-refractivity contribution in [1.82, 2.24) is 10.2 Å². The summed E-state index contributed by atoms with van der Waals surface area (Å²) in [6, 6.07) is 17.2. The van der Waals surface area contributed by atoms with Gasteiger partial charge in [0.2, 0.25) is 5.91 Å². The highest BCUT2D eigenvalue weighted by Gasteiger charge is 2.43. The average molecular weight is 422 g/mol. The first-order valence-corrected chi connectivity index (χ1v) is 10.9. The normalized spacial score (nSPS) is 18.2. The Labute approximate surface area is 183 Å². The Bertz CT molecular complexity index is 942. The fourth-order valence-electron chi connectivity index (χ4n) is 4.76. The van der Waals surface area contributed by atoms with Crippen LogP contribution in [0.5, 0.6) is 0 Å². The van der Waals surface area contributed by atoms with Crippen LogP contribution < -0.4 is 11.1 Å². The first kappa shape index (κ1) is 21.4. The Hall–Kier alpha value is -2.86. The number of primary amides is 1. The highest BCUT2D eigenvalue weighted by molar-refractivity contribution is 5.89. The van der Waals surface area contributed by atoms with Gasteiger partial charge in [-0.15, -0.1) is 0 Å². The second-order valence-corrected chi connectivity index (χ2v) is 9.60. The van der Waals surface area contributed by atoms with Crippen LogP contribution in [-0.2, 0) is 9.53 Å². The predicted molar refractivity (Wildman–Crippen MR) is 121 cm³/mol. The number of piperidine rings is 1. The monoisotopic (exact) mass is 421 g/mol. The third-order valence-electron chi connectivity index (χ3n) is 6.32. The summed E-state index contributed by atoms with van der Waals surface area (Å²) in [4.78, 5) is 27.0. The summed E-state index contributed by atoms with van der Waals surface area (Å²) in [5.74, 6) is -0.207. The van der Waals surface area contributed by atoms with Gasteiger partial charge in [-0.25, -0.2) is 4.79 Å². The number of likely N-dealkylation sites (tertiary alicyclic amines) is 1. The second kappa shape index (κ2) is 8.00. The van der Waals surface area contributed by atoms with Gasteiger partial charge in [0.05, 0.1) is 0 Å². The Morgan fingerprint density at radius 1 is 1.03 bits per heavy atom. The van der Waals surface area contributed by atoms with Gasteiger partial charge in [0.25, 0.3) is 0 Å². The number of nitrogens with zero attached hydrogens (tertiary/aromatic N) is 1. The van der Waals surface area contributed by atoms with Crippen molar-refractivity contribution in [2.24, 2.45) is 5.73 Å². The van der Waals surface area contributed by atoms with E-state index in [9.17, 15) is 9.59 Å². The minimum absolute atomic E-state index is 0.298. The Balaban J connectivity index is 1.46. The molecule has 3 N–H and O–H groups in total. The summed E-state index contributed by atoms with van der Waals surface area (Å²) >= 11 is 0. The molecule has 0 unspecified atom stereocenters. The van der Waals surface area contributed by atoms with Gasteiger partial charge in [-0.1, -0.05) is 48.5 Å². The number of benzene rings is 2. The van der Waals surface area contributed by atoms with Crippen LogP contribution in [0.4, 0.5) is 4.79 Å². The zero-order chi connectivity index (χ0) is 22.2. The fourth-order valence-corrected chi connectivity index (χ4v) is 4.76.